The molecule has 0 spiro atoms. The van der Waals surface area contributed by atoms with Crippen LogP contribution in [0.15, 0.2) is 53.5 Å². The zero-order valence-electron chi connectivity index (χ0n) is 16.6. The molecular formula is C21H27FN4O2S. The van der Waals surface area contributed by atoms with E-state index in [2.05, 4.69) is 15.6 Å². The van der Waals surface area contributed by atoms with Crippen molar-refractivity contribution in [3.05, 3.63) is 65.5 Å². The lowest BCUT2D eigenvalue weighted by Gasteiger charge is -2.19. The van der Waals surface area contributed by atoms with Gasteiger partial charge in [0.15, 0.2) is 5.96 Å². The van der Waals surface area contributed by atoms with Gasteiger partial charge in [-0.1, -0.05) is 36.4 Å². The Morgan fingerprint density at radius 2 is 1.90 bits per heavy atom. The highest BCUT2D eigenvalue weighted by Gasteiger charge is 2.28. The molecule has 0 atom stereocenters. The lowest BCUT2D eigenvalue weighted by atomic mass is 10.1. The molecule has 6 nitrogen and oxygen atoms in total. The first-order valence-electron chi connectivity index (χ1n) is 9.85. The van der Waals surface area contributed by atoms with E-state index in [0.29, 0.717) is 37.6 Å². The van der Waals surface area contributed by atoms with Gasteiger partial charge in [0.2, 0.25) is 10.0 Å². The maximum absolute atomic E-state index is 13.7. The number of nitrogens with zero attached hydrogens (tertiary/aromatic N) is 2. The van der Waals surface area contributed by atoms with Gasteiger partial charge in [-0.15, -0.1) is 0 Å². The van der Waals surface area contributed by atoms with Crippen LogP contribution >= 0.6 is 0 Å². The molecule has 156 valence electrons. The van der Waals surface area contributed by atoms with Crippen LogP contribution in [0.5, 0.6) is 0 Å². The number of halogens is 1. The van der Waals surface area contributed by atoms with Crippen molar-refractivity contribution in [1.82, 2.24) is 10.6 Å². The summed E-state index contributed by atoms with van der Waals surface area (Å²) in [5, 5.41) is 6.22. The van der Waals surface area contributed by atoms with Gasteiger partial charge in [0.25, 0.3) is 0 Å². The number of benzene rings is 2. The van der Waals surface area contributed by atoms with Gasteiger partial charge in [-0.05, 0) is 43.0 Å². The normalized spacial score (nSPS) is 14.0. The van der Waals surface area contributed by atoms with E-state index in [1.807, 2.05) is 31.2 Å². The molecule has 1 heterocycles. The number of anilines is 1. The van der Waals surface area contributed by atoms with Crippen LogP contribution in [0.1, 0.15) is 18.1 Å². The van der Waals surface area contributed by atoms with Gasteiger partial charge < -0.3 is 10.6 Å². The van der Waals surface area contributed by atoms with E-state index in [0.717, 1.165) is 17.7 Å². The maximum Gasteiger partial charge on any atom is 0.237 e. The summed E-state index contributed by atoms with van der Waals surface area (Å²) in [7, 11) is -3.43. The quantitative estimate of drug-likeness (QED) is 0.510. The molecule has 0 unspecified atom stereocenters. The van der Waals surface area contributed by atoms with Gasteiger partial charge in [-0.3, -0.25) is 9.30 Å². The van der Waals surface area contributed by atoms with Crippen molar-refractivity contribution in [1.29, 1.82) is 0 Å². The predicted molar refractivity (Wildman–Crippen MR) is 115 cm³/mol. The van der Waals surface area contributed by atoms with Crippen molar-refractivity contribution in [2.45, 2.75) is 19.8 Å². The van der Waals surface area contributed by atoms with Gasteiger partial charge in [-0.2, -0.15) is 0 Å². The fraction of sp³-hybridized carbons (Fsp3) is 0.381. The second-order valence-corrected chi connectivity index (χ2v) is 8.81. The van der Waals surface area contributed by atoms with E-state index in [1.165, 1.54) is 10.4 Å². The second kappa shape index (κ2) is 9.73. The average molecular weight is 419 g/mol. The molecule has 0 bridgehead atoms. The van der Waals surface area contributed by atoms with Crippen molar-refractivity contribution in [2.24, 2.45) is 4.99 Å². The predicted octanol–water partition coefficient (Wildman–Crippen LogP) is 2.32. The Labute approximate surface area is 171 Å². The number of hydrogen-bond donors (Lipinski definition) is 2. The number of nitrogens with one attached hydrogen (secondary N) is 2. The van der Waals surface area contributed by atoms with Crippen LogP contribution in [0.3, 0.4) is 0 Å². The smallest absolute Gasteiger partial charge is 0.237 e. The Morgan fingerprint density at radius 1 is 1.14 bits per heavy atom. The molecular weight excluding hydrogens is 391 g/mol. The van der Waals surface area contributed by atoms with Crippen molar-refractivity contribution < 1.29 is 12.8 Å². The number of sulfonamides is 1. The molecule has 1 aliphatic heterocycles. The topological polar surface area (TPSA) is 73.8 Å². The van der Waals surface area contributed by atoms with E-state index >= 15 is 0 Å². The highest BCUT2D eigenvalue weighted by atomic mass is 32.2. The Hall–Kier alpha value is -2.61. The molecule has 0 aromatic heterocycles. The third-order valence-corrected chi connectivity index (χ3v) is 6.54. The van der Waals surface area contributed by atoms with E-state index in [4.69, 9.17) is 0 Å². The van der Waals surface area contributed by atoms with Gasteiger partial charge in [0.1, 0.15) is 5.82 Å². The Balaban J connectivity index is 1.55. The molecule has 0 radical (unpaired) electrons. The summed E-state index contributed by atoms with van der Waals surface area (Å²) in [5.74, 6) is 0.236. The summed E-state index contributed by atoms with van der Waals surface area (Å²) < 4.78 is 40.7. The first kappa shape index (κ1) is 21.1. The average Bonchev–Trinajstić information content (AvgIpc) is 3.14. The second-order valence-electron chi connectivity index (χ2n) is 6.80. The molecule has 0 aliphatic carbocycles. The Bertz CT molecular complexity index is 963. The molecule has 29 heavy (non-hydrogen) atoms. The van der Waals surface area contributed by atoms with Crippen molar-refractivity contribution >= 4 is 21.7 Å². The molecule has 0 fully saturated rings. The van der Waals surface area contributed by atoms with Crippen molar-refractivity contribution in [3.8, 4) is 0 Å². The Kier molecular flexibility index (Phi) is 7.09. The van der Waals surface area contributed by atoms with E-state index in [-0.39, 0.29) is 18.1 Å². The van der Waals surface area contributed by atoms with Gasteiger partial charge in [0.05, 0.1) is 18.0 Å². The highest BCUT2D eigenvalue weighted by Crippen LogP contribution is 2.29. The van der Waals surface area contributed by atoms with Gasteiger partial charge in [0, 0.05) is 19.6 Å². The first-order chi connectivity index (χ1) is 14.0. The van der Waals surface area contributed by atoms with Crippen molar-refractivity contribution in [2.75, 3.05) is 36.2 Å². The van der Waals surface area contributed by atoms with Crippen LogP contribution in [-0.4, -0.2) is 46.3 Å². The molecule has 0 saturated heterocycles. The molecule has 0 amide bonds. The maximum atomic E-state index is 13.7. The van der Waals surface area contributed by atoms with Gasteiger partial charge in [-0.25, -0.2) is 12.8 Å². The fourth-order valence-corrected chi connectivity index (χ4v) is 4.73. The monoisotopic (exact) mass is 418 g/mol. The van der Waals surface area contributed by atoms with Gasteiger partial charge >= 0.3 is 0 Å². The fourth-order valence-electron chi connectivity index (χ4n) is 3.34. The standard InChI is InChI=1S/C21H27FN4O2S/c1-2-23-21(24-13-11-17-7-3-5-9-19(17)22)25-14-16-29(27,28)26-15-12-18-8-4-6-10-20(18)26/h3-10H,2,11-16H2,1H3,(H2,23,24,25). The number of guanidine groups is 1. The molecule has 2 aromatic carbocycles. The number of rotatable bonds is 8. The minimum atomic E-state index is -3.43. The lowest BCUT2D eigenvalue weighted by Crippen LogP contribution is -2.39. The molecule has 2 N–H and O–H groups in total. The number of hydrogen-bond acceptors (Lipinski definition) is 3. The summed E-state index contributed by atoms with van der Waals surface area (Å²) in [4.78, 5) is 4.37. The van der Waals surface area contributed by atoms with Crippen molar-refractivity contribution in [3.63, 3.8) is 0 Å². The molecule has 1 aliphatic rings. The summed E-state index contributed by atoms with van der Waals surface area (Å²) in [5.41, 5.74) is 2.46. The molecule has 2 aromatic rings. The molecule has 8 heteroatoms. The van der Waals surface area contributed by atoms with Crippen LogP contribution in [0.25, 0.3) is 0 Å². The summed E-state index contributed by atoms with van der Waals surface area (Å²) in [6.45, 7) is 3.71. The largest absolute Gasteiger partial charge is 0.357 e. The molecule has 3 rings (SSSR count). The van der Waals surface area contributed by atoms with E-state index in [1.54, 1.807) is 18.2 Å². The van der Waals surface area contributed by atoms with Crippen LogP contribution in [0, 0.1) is 5.82 Å². The van der Waals surface area contributed by atoms with Crippen LogP contribution < -0.4 is 14.9 Å². The zero-order valence-corrected chi connectivity index (χ0v) is 17.4. The van der Waals surface area contributed by atoms with E-state index < -0.39 is 10.0 Å². The first-order valence-corrected chi connectivity index (χ1v) is 11.5. The Morgan fingerprint density at radius 3 is 2.69 bits per heavy atom. The SMILES string of the molecule is CCNC(=NCCS(=O)(=O)N1CCc2ccccc21)NCCc1ccccc1F. The van der Waals surface area contributed by atoms with Crippen LogP contribution in [-0.2, 0) is 22.9 Å². The van der Waals surface area contributed by atoms with E-state index in [9.17, 15) is 12.8 Å². The van der Waals surface area contributed by atoms with Crippen LogP contribution in [0.2, 0.25) is 0 Å². The molecule has 0 saturated carbocycles. The summed E-state index contributed by atoms with van der Waals surface area (Å²) in [6, 6.07) is 14.2. The number of aliphatic imine (C=N–C) groups is 1. The number of para-hydroxylation sites is 1. The van der Waals surface area contributed by atoms with Crippen LogP contribution in [0.4, 0.5) is 10.1 Å². The highest BCUT2D eigenvalue weighted by molar-refractivity contribution is 7.92. The minimum Gasteiger partial charge on any atom is -0.357 e. The third-order valence-electron chi connectivity index (χ3n) is 4.79. The summed E-state index contributed by atoms with van der Waals surface area (Å²) in [6.07, 6.45) is 1.25. The minimum absolute atomic E-state index is 0.0643. The number of fused-ring (bicyclic) bond motifs is 1. The lowest BCUT2D eigenvalue weighted by molar-refractivity contribution is 0.592. The third kappa shape index (κ3) is 5.47. The zero-order chi connectivity index (χ0) is 20.7. The summed E-state index contributed by atoms with van der Waals surface area (Å²) >= 11 is 0.